The highest BCUT2D eigenvalue weighted by atomic mass is 16.5. The maximum Gasteiger partial charge on any atom is 0.305 e. The number of nitrogens with zero attached hydrogens (tertiary/aromatic N) is 1. The first-order valence-corrected chi connectivity index (χ1v) is 9.24. The van der Waals surface area contributed by atoms with Gasteiger partial charge in [-0.25, -0.2) is 0 Å². The van der Waals surface area contributed by atoms with Crippen molar-refractivity contribution in [3.63, 3.8) is 0 Å². The molecule has 6 nitrogen and oxygen atoms in total. The number of carboxylic acids is 1. The molecule has 6 heteroatoms. The summed E-state index contributed by atoms with van der Waals surface area (Å²) in [6, 6.07) is 5.34. The third kappa shape index (κ3) is 4.29. The predicted octanol–water partition coefficient (Wildman–Crippen LogP) is 3.23. The van der Waals surface area contributed by atoms with E-state index in [1.54, 1.807) is 4.90 Å². The molecule has 0 spiro atoms. The van der Waals surface area contributed by atoms with Crippen LogP contribution in [0, 0.1) is 0 Å². The quantitative estimate of drug-likeness (QED) is 0.767. The first-order chi connectivity index (χ1) is 12.3. The second-order valence-corrected chi connectivity index (χ2v) is 7.05. The highest BCUT2D eigenvalue weighted by Crippen LogP contribution is 2.36. The number of carbonyl (C=O) groups is 2. The fraction of sp³-hybridized carbons (Fsp3) is 0.600. The van der Waals surface area contributed by atoms with Crippen LogP contribution in [0.15, 0.2) is 18.2 Å². The van der Waals surface area contributed by atoms with Gasteiger partial charge in [0.1, 0.15) is 0 Å². The number of benzene rings is 1. The lowest BCUT2D eigenvalue weighted by Gasteiger charge is -2.33. The van der Waals surface area contributed by atoms with Gasteiger partial charge in [-0.1, -0.05) is 6.07 Å². The second kappa shape index (κ2) is 8.43. The van der Waals surface area contributed by atoms with Gasteiger partial charge in [0.2, 0.25) is 5.91 Å². The van der Waals surface area contributed by atoms with E-state index in [1.165, 1.54) is 0 Å². The first kappa shape index (κ1) is 20.1. The molecule has 1 amide bonds. The summed E-state index contributed by atoms with van der Waals surface area (Å²) in [7, 11) is 0. The largest absolute Gasteiger partial charge is 0.490 e. The maximum atomic E-state index is 13.2. The summed E-state index contributed by atoms with van der Waals surface area (Å²) in [5.41, 5.74) is 0.0490. The molecule has 0 bridgehead atoms. The van der Waals surface area contributed by atoms with Crippen LogP contribution in [0.5, 0.6) is 11.5 Å². The van der Waals surface area contributed by atoms with Crippen molar-refractivity contribution in [2.24, 2.45) is 0 Å². The Morgan fingerprint density at radius 3 is 2.46 bits per heavy atom. The van der Waals surface area contributed by atoms with Gasteiger partial charge >= 0.3 is 5.97 Å². The number of amides is 1. The Morgan fingerprint density at radius 2 is 1.85 bits per heavy atom. The molecule has 0 aliphatic carbocycles. The van der Waals surface area contributed by atoms with Gasteiger partial charge in [-0.15, -0.1) is 0 Å². The van der Waals surface area contributed by atoms with Crippen molar-refractivity contribution in [2.75, 3.05) is 19.8 Å². The Kier molecular flexibility index (Phi) is 6.51. The standard InChI is InChI=1S/C20H29NO5/c1-5-25-16-10-9-14(12-17(16)26-6-2)20(3,4)19(24)21-11-7-8-15(21)13-18(22)23/h9-10,12,15H,5-8,11,13H2,1-4H3,(H,22,23). The van der Waals surface area contributed by atoms with Gasteiger partial charge in [0.15, 0.2) is 11.5 Å². The second-order valence-electron chi connectivity index (χ2n) is 7.05. The lowest BCUT2D eigenvalue weighted by atomic mass is 9.82. The van der Waals surface area contributed by atoms with Crippen molar-refractivity contribution in [1.82, 2.24) is 4.90 Å². The third-order valence-corrected chi connectivity index (χ3v) is 4.85. The summed E-state index contributed by atoms with van der Waals surface area (Å²) in [5.74, 6) is 0.363. The molecule has 144 valence electrons. The fourth-order valence-electron chi connectivity index (χ4n) is 3.44. The molecule has 1 aliphatic rings. The molecule has 1 aromatic rings. The number of likely N-dealkylation sites (tertiary alicyclic amines) is 1. The lowest BCUT2D eigenvalue weighted by molar-refractivity contribution is -0.141. The molecule has 1 fully saturated rings. The average Bonchev–Trinajstić information content (AvgIpc) is 3.03. The Hall–Kier alpha value is -2.24. The van der Waals surface area contributed by atoms with Crippen LogP contribution in [-0.2, 0) is 15.0 Å². The van der Waals surface area contributed by atoms with Gasteiger partial charge in [-0.05, 0) is 58.2 Å². The number of carbonyl (C=O) groups excluding carboxylic acids is 1. The van der Waals surface area contributed by atoms with Crippen LogP contribution in [0.4, 0.5) is 0 Å². The van der Waals surface area contributed by atoms with E-state index in [1.807, 2.05) is 45.9 Å². The van der Waals surface area contributed by atoms with Crippen molar-refractivity contribution in [3.05, 3.63) is 23.8 Å². The van der Waals surface area contributed by atoms with E-state index in [-0.39, 0.29) is 18.4 Å². The van der Waals surface area contributed by atoms with E-state index in [9.17, 15) is 9.59 Å². The minimum atomic E-state index is -0.868. The molecule has 1 unspecified atom stereocenters. The molecule has 2 rings (SSSR count). The highest BCUT2D eigenvalue weighted by molar-refractivity contribution is 5.88. The van der Waals surface area contributed by atoms with E-state index in [0.29, 0.717) is 31.3 Å². The summed E-state index contributed by atoms with van der Waals surface area (Å²) in [6.45, 7) is 9.20. The lowest BCUT2D eigenvalue weighted by Crippen LogP contribution is -2.46. The van der Waals surface area contributed by atoms with Gasteiger partial charge in [0.05, 0.1) is 25.0 Å². The van der Waals surface area contributed by atoms with Crippen LogP contribution >= 0.6 is 0 Å². The molecule has 1 N–H and O–H groups in total. The Morgan fingerprint density at radius 1 is 1.19 bits per heavy atom. The molecule has 1 saturated heterocycles. The molecule has 0 radical (unpaired) electrons. The van der Waals surface area contributed by atoms with Gasteiger partial charge in [-0.3, -0.25) is 9.59 Å². The average molecular weight is 363 g/mol. The van der Waals surface area contributed by atoms with Crippen LogP contribution in [0.2, 0.25) is 0 Å². The fourth-order valence-corrected chi connectivity index (χ4v) is 3.44. The Labute approximate surface area is 155 Å². The molecule has 0 saturated carbocycles. The molecule has 1 atom stereocenters. The topological polar surface area (TPSA) is 76.1 Å². The van der Waals surface area contributed by atoms with Gasteiger partial charge < -0.3 is 19.5 Å². The molecule has 1 aliphatic heterocycles. The Bertz CT molecular complexity index is 656. The summed E-state index contributed by atoms with van der Waals surface area (Å²) in [5, 5.41) is 9.10. The van der Waals surface area contributed by atoms with Crippen molar-refractivity contribution in [3.8, 4) is 11.5 Å². The number of aliphatic carboxylic acids is 1. The minimum Gasteiger partial charge on any atom is -0.490 e. The highest BCUT2D eigenvalue weighted by Gasteiger charge is 2.39. The van der Waals surface area contributed by atoms with E-state index in [0.717, 1.165) is 18.4 Å². The molecular weight excluding hydrogens is 334 g/mol. The zero-order valence-corrected chi connectivity index (χ0v) is 16.1. The van der Waals surface area contributed by atoms with Crippen LogP contribution in [-0.4, -0.2) is 47.7 Å². The molecule has 0 aromatic heterocycles. The van der Waals surface area contributed by atoms with Gasteiger partial charge in [-0.2, -0.15) is 0 Å². The van der Waals surface area contributed by atoms with Crippen LogP contribution in [0.1, 0.15) is 52.5 Å². The molecule has 1 heterocycles. The zero-order chi connectivity index (χ0) is 19.3. The number of hydrogen-bond donors (Lipinski definition) is 1. The van der Waals surface area contributed by atoms with E-state index in [4.69, 9.17) is 14.6 Å². The number of ether oxygens (including phenoxy) is 2. The monoisotopic (exact) mass is 363 g/mol. The van der Waals surface area contributed by atoms with Crippen LogP contribution in [0.25, 0.3) is 0 Å². The van der Waals surface area contributed by atoms with E-state index >= 15 is 0 Å². The molecular formula is C20H29NO5. The predicted molar refractivity (Wildman–Crippen MR) is 98.8 cm³/mol. The van der Waals surface area contributed by atoms with Crippen LogP contribution in [0.3, 0.4) is 0 Å². The zero-order valence-electron chi connectivity index (χ0n) is 16.1. The Balaban J connectivity index is 2.29. The number of rotatable bonds is 8. The van der Waals surface area contributed by atoms with Gasteiger partial charge in [0, 0.05) is 12.6 Å². The normalized spacial score (nSPS) is 17.2. The third-order valence-electron chi connectivity index (χ3n) is 4.85. The number of carboxylic acid groups (broad SMARTS) is 1. The maximum absolute atomic E-state index is 13.2. The SMILES string of the molecule is CCOc1ccc(C(C)(C)C(=O)N2CCCC2CC(=O)O)cc1OCC. The number of hydrogen-bond acceptors (Lipinski definition) is 4. The summed E-state index contributed by atoms with van der Waals surface area (Å²) >= 11 is 0. The molecule has 1 aromatic carbocycles. The van der Waals surface area contributed by atoms with E-state index < -0.39 is 11.4 Å². The van der Waals surface area contributed by atoms with Crippen molar-refractivity contribution in [2.45, 2.75) is 58.4 Å². The van der Waals surface area contributed by atoms with Gasteiger partial charge in [0.25, 0.3) is 0 Å². The minimum absolute atomic E-state index is 0.00467. The van der Waals surface area contributed by atoms with Crippen molar-refractivity contribution in [1.29, 1.82) is 0 Å². The van der Waals surface area contributed by atoms with Crippen LogP contribution < -0.4 is 9.47 Å². The van der Waals surface area contributed by atoms with E-state index in [2.05, 4.69) is 0 Å². The van der Waals surface area contributed by atoms with Crippen molar-refractivity contribution < 1.29 is 24.2 Å². The summed E-state index contributed by atoms with van der Waals surface area (Å²) < 4.78 is 11.3. The van der Waals surface area contributed by atoms with Crippen molar-refractivity contribution >= 4 is 11.9 Å². The first-order valence-electron chi connectivity index (χ1n) is 9.24. The molecule has 26 heavy (non-hydrogen) atoms. The summed E-state index contributed by atoms with van der Waals surface area (Å²) in [6.07, 6.45) is 1.57. The smallest absolute Gasteiger partial charge is 0.305 e. The summed E-state index contributed by atoms with van der Waals surface area (Å²) in [4.78, 5) is 26.0.